The maximum Gasteiger partial charge on any atom is 0.338 e. The van der Waals surface area contributed by atoms with Crippen LogP contribution in [0.25, 0.3) is 0 Å². The van der Waals surface area contributed by atoms with Gasteiger partial charge in [0.25, 0.3) is 0 Å². The Kier molecular flexibility index (Phi) is 4.36. The van der Waals surface area contributed by atoms with Crippen molar-refractivity contribution >= 4 is 34.9 Å². The molecular formula is C13H15Cl2NO2. The molecule has 0 radical (unpaired) electrons. The molecule has 18 heavy (non-hydrogen) atoms. The van der Waals surface area contributed by atoms with Gasteiger partial charge in [-0.3, -0.25) is 0 Å². The Hall–Kier alpha value is -0.930. The van der Waals surface area contributed by atoms with E-state index in [2.05, 4.69) is 0 Å². The van der Waals surface area contributed by atoms with Crippen LogP contribution in [0.5, 0.6) is 0 Å². The second-order valence-corrected chi connectivity index (χ2v) is 5.37. The summed E-state index contributed by atoms with van der Waals surface area (Å²) in [5.74, 6) is 0.316. The van der Waals surface area contributed by atoms with Crippen LogP contribution in [-0.2, 0) is 4.74 Å². The maximum absolute atomic E-state index is 11.8. The van der Waals surface area contributed by atoms with Gasteiger partial charge in [0.05, 0.1) is 27.9 Å². The lowest BCUT2D eigenvalue weighted by molar-refractivity contribution is 0.0464. The van der Waals surface area contributed by atoms with Crippen LogP contribution in [0.1, 0.15) is 36.0 Å². The maximum atomic E-state index is 11.8. The van der Waals surface area contributed by atoms with Gasteiger partial charge in [0.2, 0.25) is 0 Å². The van der Waals surface area contributed by atoms with E-state index in [-0.39, 0.29) is 15.7 Å². The molecule has 2 rings (SSSR count). The van der Waals surface area contributed by atoms with Crippen LogP contribution in [0.15, 0.2) is 12.1 Å². The highest BCUT2D eigenvalue weighted by Gasteiger charge is 2.18. The van der Waals surface area contributed by atoms with Crippen LogP contribution in [0.4, 0.5) is 5.69 Å². The van der Waals surface area contributed by atoms with Gasteiger partial charge in [-0.25, -0.2) is 4.79 Å². The number of ether oxygens (including phenoxy) is 1. The van der Waals surface area contributed by atoms with E-state index in [1.54, 1.807) is 0 Å². The van der Waals surface area contributed by atoms with Gasteiger partial charge in [0, 0.05) is 0 Å². The molecule has 1 fully saturated rings. The summed E-state index contributed by atoms with van der Waals surface area (Å²) in [5.41, 5.74) is 6.27. The van der Waals surface area contributed by atoms with Crippen molar-refractivity contribution in [3.63, 3.8) is 0 Å². The molecule has 0 spiro atoms. The van der Waals surface area contributed by atoms with Gasteiger partial charge in [0.15, 0.2) is 0 Å². The normalized spacial score (nSPS) is 15.2. The predicted molar refractivity (Wildman–Crippen MR) is 73.1 cm³/mol. The van der Waals surface area contributed by atoms with Crippen molar-refractivity contribution in [3.8, 4) is 0 Å². The molecular weight excluding hydrogens is 273 g/mol. The molecule has 1 saturated carbocycles. The van der Waals surface area contributed by atoms with Gasteiger partial charge in [-0.15, -0.1) is 0 Å². The van der Waals surface area contributed by atoms with E-state index in [0.29, 0.717) is 12.2 Å². The number of nitrogen functional groups attached to an aromatic ring is 1. The molecule has 0 amide bonds. The molecule has 0 heterocycles. The molecule has 3 nitrogen and oxygen atoms in total. The van der Waals surface area contributed by atoms with Crippen molar-refractivity contribution in [2.75, 3.05) is 12.3 Å². The quantitative estimate of drug-likeness (QED) is 0.674. The second-order valence-electron chi connectivity index (χ2n) is 4.58. The monoisotopic (exact) mass is 287 g/mol. The fraction of sp³-hybridized carbons (Fsp3) is 0.462. The first-order valence-electron chi connectivity index (χ1n) is 5.99. The lowest BCUT2D eigenvalue weighted by atomic mass is 9.83. The summed E-state index contributed by atoms with van der Waals surface area (Å²) in [6.07, 6.45) is 4.72. The van der Waals surface area contributed by atoms with E-state index >= 15 is 0 Å². The van der Waals surface area contributed by atoms with E-state index in [4.69, 9.17) is 33.7 Å². The fourth-order valence-corrected chi connectivity index (χ4v) is 2.25. The first kappa shape index (κ1) is 13.5. The third-order valence-electron chi connectivity index (χ3n) is 3.28. The summed E-state index contributed by atoms with van der Waals surface area (Å²) in [6.45, 7) is 0.448. The van der Waals surface area contributed by atoms with Crippen LogP contribution in [0, 0.1) is 5.92 Å². The third-order valence-corrected chi connectivity index (χ3v) is 4.09. The molecule has 1 aromatic rings. The van der Waals surface area contributed by atoms with Gasteiger partial charge in [-0.1, -0.05) is 42.5 Å². The zero-order valence-electron chi connectivity index (χ0n) is 9.92. The largest absolute Gasteiger partial charge is 0.462 e. The Balaban J connectivity index is 1.91. The van der Waals surface area contributed by atoms with Crippen molar-refractivity contribution in [2.45, 2.75) is 25.7 Å². The number of nitrogens with two attached hydrogens (primary N) is 1. The third kappa shape index (κ3) is 3.09. The molecule has 1 aliphatic rings. The molecule has 0 saturated heterocycles. The van der Waals surface area contributed by atoms with Crippen molar-refractivity contribution in [1.29, 1.82) is 0 Å². The highest BCUT2D eigenvalue weighted by atomic mass is 35.5. The minimum atomic E-state index is -0.403. The average Bonchev–Trinajstić information content (AvgIpc) is 2.28. The summed E-state index contributed by atoms with van der Waals surface area (Å²) < 4.78 is 5.19. The van der Waals surface area contributed by atoms with Gasteiger partial charge in [-0.05, 0) is 24.5 Å². The topological polar surface area (TPSA) is 52.3 Å². The van der Waals surface area contributed by atoms with Crippen LogP contribution in [-0.4, -0.2) is 12.6 Å². The van der Waals surface area contributed by atoms with Crippen LogP contribution < -0.4 is 5.73 Å². The SMILES string of the molecule is Nc1cc(C(=O)OCCC2CCC2)cc(Cl)c1Cl. The molecule has 98 valence electrons. The Morgan fingerprint density at radius 2 is 2.11 bits per heavy atom. The number of hydrogen-bond donors (Lipinski definition) is 1. The Morgan fingerprint density at radius 1 is 1.39 bits per heavy atom. The fourth-order valence-electron chi connectivity index (χ4n) is 1.91. The molecule has 1 aliphatic carbocycles. The number of benzene rings is 1. The zero-order chi connectivity index (χ0) is 13.1. The lowest BCUT2D eigenvalue weighted by Crippen LogP contribution is -2.15. The van der Waals surface area contributed by atoms with E-state index < -0.39 is 5.97 Å². The molecule has 0 unspecified atom stereocenters. The van der Waals surface area contributed by atoms with E-state index in [1.807, 2.05) is 0 Å². The van der Waals surface area contributed by atoms with Crippen LogP contribution in [0.3, 0.4) is 0 Å². The lowest BCUT2D eigenvalue weighted by Gasteiger charge is -2.24. The highest BCUT2D eigenvalue weighted by molar-refractivity contribution is 6.43. The molecule has 0 atom stereocenters. The summed E-state index contributed by atoms with van der Waals surface area (Å²) in [7, 11) is 0. The summed E-state index contributed by atoms with van der Waals surface area (Å²) in [5, 5.41) is 0.533. The average molecular weight is 288 g/mol. The highest BCUT2D eigenvalue weighted by Crippen LogP contribution is 2.30. The number of carbonyl (C=O) groups excluding carboxylic acids is 1. The minimum absolute atomic E-state index is 0.266. The van der Waals surface area contributed by atoms with Gasteiger partial charge in [0.1, 0.15) is 0 Å². The predicted octanol–water partition coefficient (Wildman–Crippen LogP) is 3.92. The van der Waals surface area contributed by atoms with E-state index in [0.717, 1.165) is 12.3 Å². The van der Waals surface area contributed by atoms with Crippen LogP contribution >= 0.6 is 23.2 Å². The summed E-state index contributed by atoms with van der Waals surface area (Å²) >= 11 is 11.7. The number of esters is 1. The van der Waals surface area contributed by atoms with E-state index in [1.165, 1.54) is 31.4 Å². The number of rotatable bonds is 4. The Labute approximate surface area is 116 Å². The van der Waals surface area contributed by atoms with Gasteiger partial charge in [-0.2, -0.15) is 0 Å². The van der Waals surface area contributed by atoms with Crippen LogP contribution in [0.2, 0.25) is 10.0 Å². The molecule has 0 bridgehead atoms. The molecule has 1 aromatic carbocycles. The second kappa shape index (κ2) is 5.81. The van der Waals surface area contributed by atoms with Gasteiger partial charge < -0.3 is 10.5 Å². The van der Waals surface area contributed by atoms with E-state index in [9.17, 15) is 4.79 Å². The van der Waals surface area contributed by atoms with Crippen molar-refractivity contribution < 1.29 is 9.53 Å². The Bertz CT molecular complexity index is 435. The number of halogens is 2. The first-order chi connectivity index (χ1) is 8.58. The summed E-state index contributed by atoms with van der Waals surface area (Å²) in [4.78, 5) is 11.8. The minimum Gasteiger partial charge on any atom is -0.462 e. The molecule has 2 N–H and O–H groups in total. The number of carbonyl (C=O) groups is 1. The van der Waals surface area contributed by atoms with Crippen molar-refractivity contribution in [1.82, 2.24) is 0 Å². The first-order valence-corrected chi connectivity index (χ1v) is 6.75. The molecule has 5 heteroatoms. The summed E-state index contributed by atoms with van der Waals surface area (Å²) in [6, 6.07) is 2.96. The smallest absolute Gasteiger partial charge is 0.338 e. The number of hydrogen-bond acceptors (Lipinski definition) is 3. The van der Waals surface area contributed by atoms with Crippen molar-refractivity contribution in [2.24, 2.45) is 5.92 Å². The van der Waals surface area contributed by atoms with Crippen molar-refractivity contribution in [3.05, 3.63) is 27.7 Å². The Morgan fingerprint density at radius 3 is 2.67 bits per heavy atom. The number of anilines is 1. The standard InChI is InChI=1S/C13H15Cl2NO2/c14-10-6-9(7-11(16)12(10)15)13(17)18-5-4-8-2-1-3-8/h6-8H,1-5,16H2. The molecule has 0 aromatic heterocycles. The zero-order valence-corrected chi connectivity index (χ0v) is 11.4. The molecule has 0 aliphatic heterocycles. The van der Waals surface area contributed by atoms with Gasteiger partial charge >= 0.3 is 5.97 Å².